The van der Waals surface area contributed by atoms with E-state index in [1.165, 1.54) is 4.90 Å². The lowest BCUT2D eigenvalue weighted by Crippen LogP contribution is -2.37. The normalized spacial score (nSPS) is 15.5. The first-order chi connectivity index (χ1) is 16.0. The van der Waals surface area contributed by atoms with Gasteiger partial charge in [-0.15, -0.1) is 6.58 Å². The van der Waals surface area contributed by atoms with Crippen LogP contribution in [-0.2, 0) is 9.59 Å². The average Bonchev–Trinajstić information content (AvgIpc) is 3.03. The van der Waals surface area contributed by atoms with E-state index in [9.17, 15) is 9.59 Å². The van der Waals surface area contributed by atoms with Gasteiger partial charge in [0.2, 0.25) is 5.91 Å². The minimum absolute atomic E-state index is 0.0333. The molecule has 0 aliphatic carbocycles. The molecule has 1 fully saturated rings. The predicted octanol–water partition coefficient (Wildman–Crippen LogP) is 4.39. The van der Waals surface area contributed by atoms with E-state index in [4.69, 9.17) is 21.7 Å². The number of thiocarbonyl (C=S) groups is 1. The standard InChI is InChI=1S/C25H29N3O4S/c1-4-15-27-22(17-23(29)26-18-7-11-21(12-8-18)32-16-5-2)24(30)28(25(27)33)19-9-13-20(14-10-19)31-6-3/h4,7-14,22H,1,5-6,15-17H2,2-3H3,(H,26,29)/t22-/m0/s1. The Kier molecular flexibility index (Phi) is 8.43. The number of nitrogens with one attached hydrogen (secondary N) is 1. The summed E-state index contributed by atoms with van der Waals surface area (Å²) in [4.78, 5) is 29.2. The van der Waals surface area contributed by atoms with Crippen LogP contribution in [-0.4, -0.2) is 47.6 Å². The summed E-state index contributed by atoms with van der Waals surface area (Å²) in [6, 6.07) is 13.6. The molecule has 33 heavy (non-hydrogen) atoms. The zero-order valence-corrected chi connectivity index (χ0v) is 19.8. The first-order valence-electron chi connectivity index (χ1n) is 11.0. The minimum atomic E-state index is -0.714. The summed E-state index contributed by atoms with van der Waals surface area (Å²) >= 11 is 5.59. The van der Waals surface area contributed by atoms with Crippen molar-refractivity contribution in [3.8, 4) is 11.5 Å². The molecule has 3 rings (SSSR count). The summed E-state index contributed by atoms with van der Waals surface area (Å²) in [6.07, 6.45) is 2.56. The van der Waals surface area contributed by atoms with E-state index in [1.54, 1.807) is 59.5 Å². The van der Waals surface area contributed by atoms with Gasteiger partial charge in [-0.2, -0.15) is 0 Å². The molecule has 0 aromatic heterocycles. The molecule has 2 aromatic carbocycles. The number of ether oxygens (including phenoxy) is 2. The van der Waals surface area contributed by atoms with E-state index in [-0.39, 0.29) is 18.2 Å². The van der Waals surface area contributed by atoms with Gasteiger partial charge >= 0.3 is 0 Å². The average molecular weight is 468 g/mol. The van der Waals surface area contributed by atoms with Gasteiger partial charge in [0, 0.05) is 12.2 Å². The minimum Gasteiger partial charge on any atom is -0.494 e. The van der Waals surface area contributed by atoms with Crippen LogP contribution in [0.4, 0.5) is 11.4 Å². The van der Waals surface area contributed by atoms with Crippen LogP contribution in [0.15, 0.2) is 61.2 Å². The van der Waals surface area contributed by atoms with Gasteiger partial charge in [0.05, 0.1) is 25.3 Å². The van der Waals surface area contributed by atoms with Crippen molar-refractivity contribution >= 4 is 40.5 Å². The maximum atomic E-state index is 13.3. The van der Waals surface area contributed by atoms with E-state index in [2.05, 4.69) is 11.9 Å². The number of carbonyl (C=O) groups excluding carboxylic acids is 2. The van der Waals surface area contributed by atoms with E-state index in [1.807, 2.05) is 13.8 Å². The van der Waals surface area contributed by atoms with Crippen LogP contribution >= 0.6 is 12.2 Å². The molecule has 0 spiro atoms. The highest BCUT2D eigenvalue weighted by Crippen LogP contribution is 2.29. The molecule has 1 aliphatic heterocycles. The number of hydrogen-bond donors (Lipinski definition) is 1. The first kappa shape index (κ1) is 24.3. The maximum Gasteiger partial charge on any atom is 0.256 e. The molecule has 8 heteroatoms. The van der Waals surface area contributed by atoms with Crippen LogP contribution in [0.5, 0.6) is 11.5 Å². The van der Waals surface area contributed by atoms with Gasteiger partial charge in [-0.05, 0) is 74.1 Å². The molecule has 0 radical (unpaired) electrons. The van der Waals surface area contributed by atoms with E-state index < -0.39 is 6.04 Å². The Balaban J connectivity index is 1.71. The monoisotopic (exact) mass is 467 g/mol. The molecule has 1 atom stereocenters. The maximum absolute atomic E-state index is 13.3. The van der Waals surface area contributed by atoms with Crippen LogP contribution in [0.2, 0.25) is 0 Å². The van der Waals surface area contributed by atoms with Crippen LogP contribution in [0.1, 0.15) is 26.7 Å². The summed E-state index contributed by atoms with van der Waals surface area (Å²) < 4.78 is 11.0. The van der Waals surface area contributed by atoms with Gasteiger partial charge < -0.3 is 19.7 Å². The molecule has 174 valence electrons. The molecule has 1 N–H and O–H groups in total. The highest BCUT2D eigenvalue weighted by Gasteiger charge is 2.43. The zero-order valence-electron chi connectivity index (χ0n) is 19.0. The Morgan fingerprint density at radius 1 is 1.09 bits per heavy atom. The Labute approximate surface area is 200 Å². The highest BCUT2D eigenvalue weighted by molar-refractivity contribution is 7.80. The molecule has 7 nitrogen and oxygen atoms in total. The molecule has 1 saturated heterocycles. The van der Waals surface area contributed by atoms with Gasteiger partial charge in [-0.1, -0.05) is 13.0 Å². The lowest BCUT2D eigenvalue weighted by molar-refractivity contribution is -0.124. The molecule has 0 saturated carbocycles. The molecule has 2 aromatic rings. The number of nitrogens with zero attached hydrogens (tertiary/aromatic N) is 2. The predicted molar refractivity (Wildman–Crippen MR) is 134 cm³/mol. The van der Waals surface area contributed by atoms with Crippen molar-refractivity contribution in [2.45, 2.75) is 32.7 Å². The Morgan fingerprint density at radius 3 is 2.33 bits per heavy atom. The summed E-state index contributed by atoms with van der Waals surface area (Å²) in [6.45, 7) is 9.26. The van der Waals surface area contributed by atoms with Gasteiger partial charge in [0.25, 0.3) is 5.91 Å². The second kappa shape index (κ2) is 11.5. The van der Waals surface area contributed by atoms with Gasteiger partial charge in [-0.25, -0.2) is 0 Å². The van der Waals surface area contributed by atoms with Crippen molar-refractivity contribution < 1.29 is 19.1 Å². The number of carbonyl (C=O) groups is 2. The van der Waals surface area contributed by atoms with Gasteiger partial charge in [0.15, 0.2) is 5.11 Å². The van der Waals surface area contributed by atoms with E-state index in [0.717, 1.165) is 12.2 Å². The lowest BCUT2D eigenvalue weighted by Gasteiger charge is -2.22. The fourth-order valence-electron chi connectivity index (χ4n) is 3.52. The molecule has 1 aliphatic rings. The number of benzene rings is 2. The van der Waals surface area contributed by atoms with Gasteiger partial charge in [0.1, 0.15) is 17.5 Å². The molecule has 0 bridgehead atoms. The quantitative estimate of drug-likeness (QED) is 0.390. The number of anilines is 2. The second-order valence-corrected chi connectivity index (χ2v) is 7.83. The van der Waals surface area contributed by atoms with Crippen molar-refractivity contribution in [2.75, 3.05) is 30.0 Å². The summed E-state index contributed by atoms with van der Waals surface area (Å²) in [5, 5.41) is 3.20. The highest BCUT2D eigenvalue weighted by atomic mass is 32.1. The van der Waals surface area contributed by atoms with Crippen LogP contribution < -0.4 is 19.7 Å². The Morgan fingerprint density at radius 2 is 1.73 bits per heavy atom. The number of hydrogen-bond acceptors (Lipinski definition) is 5. The van der Waals surface area contributed by atoms with Crippen molar-refractivity contribution in [2.24, 2.45) is 0 Å². The Hall–Kier alpha value is -3.39. The van der Waals surface area contributed by atoms with Crippen LogP contribution in [0.25, 0.3) is 0 Å². The van der Waals surface area contributed by atoms with Crippen LogP contribution in [0, 0.1) is 0 Å². The van der Waals surface area contributed by atoms with E-state index >= 15 is 0 Å². The van der Waals surface area contributed by atoms with Crippen molar-refractivity contribution in [3.05, 3.63) is 61.2 Å². The summed E-state index contributed by atoms with van der Waals surface area (Å²) in [5.74, 6) is 0.934. The molecule has 1 heterocycles. The van der Waals surface area contributed by atoms with Gasteiger partial charge in [-0.3, -0.25) is 14.5 Å². The fraction of sp³-hybridized carbons (Fsp3) is 0.320. The molecule has 0 unspecified atom stereocenters. The molecular formula is C25H29N3O4S. The Bertz CT molecular complexity index is 992. The number of amides is 2. The SMILES string of the molecule is C=CCN1C(=S)N(c2ccc(OCC)cc2)C(=O)[C@@H]1CC(=O)Nc1ccc(OCCC)cc1. The zero-order chi connectivity index (χ0) is 23.8. The summed E-state index contributed by atoms with van der Waals surface area (Å²) in [7, 11) is 0. The smallest absolute Gasteiger partial charge is 0.256 e. The van der Waals surface area contributed by atoms with Crippen LogP contribution in [0.3, 0.4) is 0 Å². The van der Waals surface area contributed by atoms with Crippen molar-refractivity contribution in [1.82, 2.24) is 4.90 Å². The second-order valence-electron chi connectivity index (χ2n) is 7.47. The van der Waals surface area contributed by atoms with Crippen molar-refractivity contribution in [3.63, 3.8) is 0 Å². The lowest BCUT2D eigenvalue weighted by atomic mass is 10.1. The fourth-order valence-corrected chi connectivity index (χ4v) is 3.92. The van der Waals surface area contributed by atoms with Crippen molar-refractivity contribution in [1.29, 1.82) is 0 Å². The topological polar surface area (TPSA) is 71.1 Å². The largest absolute Gasteiger partial charge is 0.494 e. The van der Waals surface area contributed by atoms with E-state index in [0.29, 0.717) is 42.0 Å². The third-order valence-corrected chi connectivity index (χ3v) is 5.46. The molecule has 2 amide bonds. The third kappa shape index (κ3) is 5.90. The molecular weight excluding hydrogens is 438 g/mol. The summed E-state index contributed by atoms with van der Waals surface area (Å²) in [5.41, 5.74) is 1.27. The number of rotatable bonds is 11. The first-order valence-corrected chi connectivity index (χ1v) is 11.4. The third-order valence-electron chi connectivity index (χ3n) is 5.04.